The molecule has 0 aromatic carbocycles. The average Bonchev–Trinajstić information content (AvgIpc) is 2.19. The van der Waals surface area contributed by atoms with Gasteiger partial charge < -0.3 is 5.11 Å². The van der Waals surface area contributed by atoms with E-state index in [1.807, 2.05) is 27.7 Å². The molecule has 0 aliphatic heterocycles. The van der Waals surface area contributed by atoms with E-state index >= 15 is 0 Å². The number of rotatable bonds is 3. The quantitative estimate of drug-likeness (QED) is 0.553. The predicted molar refractivity (Wildman–Crippen MR) is 61.4 cm³/mol. The predicted octanol–water partition coefficient (Wildman–Crippen LogP) is 3.79. The van der Waals surface area contributed by atoms with E-state index in [0.717, 1.165) is 12.0 Å². The fourth-order valence-corrected chi connectivity index (χ4v) is 0.789. The minimum atomic E-state index is -0.849. The summed E-state index contributed by atoms with van der Waals surface area (Å²) in [4.78, 5) is 10.5. The molecule has 0 fully saturated rings. The van der Waals surface area contributed by atoms with E-state index in [9.17, 15) is 4.79 Å². The number of hydrogen-bond acceptors (Lipinski definition) is 1. The van der Waals surface area contributed by atoms with Crippen molar-refractivity contribution in [3.8, 4) is 0 Å². The molecule has 1 N–H and O–H groups in total. The number of allylic oxidation sites excluding steroid dienone is 3. The van der Waals surface area contributed by atoms with Gasteiger partial charge in [0.1, 0.15) is 0 Å². The SMILES string of the molecule is CC.CC/C(C)=C(C)\C=C(/C)C(=O)O. The molecule has 0 saturated carbocycles. The van der Waals surface area contributed by atoms with Crippen LogP contribution in [0.2, 0.25) is 0 Å². The number of carbonyl (C=O) groups is 1. The van der Waals surface area contributed by atoms with Gasteiger partial charge in [0.25, 0.3) is 0 Å². The van der Waals surface area contributed by atoms with Crippen LogP contribution in [0.25, 0.3) is 0 Å². The minimum absolute atomic E-state index is 0.389. The number of aliphatic carboxylic acids is 1. The first kappa shape index (κ1) is 15.4. The zero-order valence-corrected chi connectivity index (χ0v) is 10.1. The van der Waals surface area contributed by atoms with Gasteiger partial charge in [0.2, 0.25) is 0 Å². The molecule has 0 aromatic rings. The molecule has 0 aliphatic carbocycles. The van der Waals surface area contributed by atoms with Crippen molar-refractivity contribution in [3.05, 3.63) is 22.8 Å². The van der Waals surface area contributed by atoms with Crippen LogP contribution in [-0.4, -0.2) is 11.1 Å². The summed E-state index contributed by atoms with van der Waals surface area (Å²) in [6.45, 7) is 11.6. The Morgan fingerprint density at radius 1 is 1.21 bits per heavy atom. The van der Waals surface area contributed by atoms with Crippen LogP contribution < -0.4 is 0 Å². The fraction of sp³-hybridized carbons (Fsp3) is 0.583. The molecule has 0 heterocycles. The summed E-state index contributed by atoms with van der Waals surface area (Å²) in [6.07, 6.45) is 2.68. The Kier molecular flexibility index (Phi) is 9.41. The molecule has 2 nitrogen and oxygen atoms in total. The van der Waals surface area contributed by atoms with Gasteiger partial charge in [-0.25, -0.2) is 4.79 Å². The lowest BCUT2D eigenvalue weighted by molar-refractivity contribution is -0.132. The molecule has 0 spiro atoms. The van der Waals surface area contributed by atoms with Crippen LogP contribution in [0.1, 0.15) is 48.0 Å². The van der Waals surface area contributed by atoms with Crippen molar-refractivity contribution in [1.29, 1.82) is 0 Å². The Morgan fingerprint density at radius 2 is 1.64 bits per heavy atom. The lowest BCUT2D eigenvalue weighted by atomic mass is 10.1. The second-order valence-corrected chi connectivity index (χ2v) is 2.95. The first-order valence-corrected chi connectivity index (χ1v) is 5.07. The zero-order valence-electron chi connectivity index (χ0n) is 10.1. The summed E-state index contributed by atoms with van der Waals surface area (Å²) in [5, 5.41) is 8.59. The summed E-state index contributed by atoms with van der Waals surface area (Å²) in [6, 6.07) is 0. The van der Waals surface area contributed by atoms with Crippen LogP contribution in [0, 0.1) is 0 Å². The average molecular weight is 198 g/mol. The summed E-state index contributed by atoms with van der Waals surface area (Å²) in [5.41, 5.74) is 2.67. The van der Waals surface area contributed by atoms with Gasteiger partial charge in [-0.2, -0.15) is 0 Å². The van der Waals surface area contributed by atoms with Crippen LogP contribution >= 0.6 is 0 Å². The highest BCUT2D eigenvalue weighted by molar-refractivity contribution is 5.86. The van der Waals surface area contributed by atoms with Gasteiger partial charge in [0, 0.05) is 5.57 Å². The monoisotopic (exact) mass is 198 g/mol. The molecule has 0 saturated heterocycles. The molecule has 0 unspecified atom stereocenters. The van der Waals surface area contributed by atoms with Gasteiger partial charge >= 0.3 is 5.97 Å². The summed E-state index contributed by atoms with van der Waals surface area (Å²) < 4.78 is 0. The van der Waals surface area contributed by atoms with Crippen LogP contribution in [-0.2, 0) is 4.79 Å². The van der Waals surface area contributed by atoms with Gasteiger partial charge in [0.15, 0.2) is 0 Å². The highest BCUT2D eigenvalue weighted by Crippen LogP contribution is 2.10. The van der Waals surface area contributed by atoms with Gasteiger partial charge in [-0.1, -0.05) is 31.9 Å². The maximum absolute atomic E-state index is 10.5. The van der Waals surface area contributed by atoms with Crippen LogP contribution in [0.15, 0.2) is 22.8 Å². The maximum atomic E-state index is 10.5. The minimum Gasteiger partial charge on any atom is -0.478 e. The standard InChI is InChI=1S/C10H16O2.C2H6/c1-5-7(2)8(3)6-9(4)10(11)12;1-2/h6H,5H2,1-4H3,(H,11,12);1-2H3/b8-7-,9-6+;. The Bertz CT molecular complexity index is 235. The largest absolute Gasteiger partial charge is 0.478 e. The van der Waals surface area contributed by atoms with E-state index in [1.54, 1.807) is 13.0 Å². The fourth-order valence-electron chi connectivity index (χ4n) is 0.789. The molecular weight excluding hydrogens is 176 g/mol. The van der Waals surface area contributed by atoms with Crippen LogP contribution in [0.3, 0.4) is 0 Å². The summed E-state index contributed by atoms with van der Waals surface area (Å²) in [5.74, 6) is -0.849. The number of hydrogen-bond donors (Lipinski definition) is 1. The van der Waals surface area contributed by atoms with Crippen molar-refractivity contribution in [2.75, 3.05) is 0 Å². The Labute approximate surface area is 87.3 Å². The van der Waals surface area contributed by atoms with E-state index in [4.69, 9.17) is 5.11 Å². The lowest BCUT2D eigenvalue weighted by Gasteiger charge is -2.00. The molecule has 0 radical (unpaired) electrons. The van der Waals surface area contributed by atoms with E-state index in [0.29, 0.717) is 5.57 Å². The van der Waals surface area contributed by atoms with Crippen molar-refractivity contribution in [2.45, 2.75) is 48.0 Å². The van der Waals surface area contributed by atoms with Gasteiger partial charge in [0.05, 0.1) is 0 Å². The van der Waals surface area contributed by atoms with E-state index in [2.05, 4.69) is 6.92 Å². The molecule has 82 valence electrons. The van der Waals surface area contributed by atoms with Crippen LogP contribution in [0.4, 0.5) is 0 Å². The van der Waals surface area contributed by atoms with Crippen molar-refractivity contribution in [3.63, 3.8) is 0 Å². The lowest BCUT2D eigenvalue weighted by Crippen LogP contribution is -1.96. The first-order valence-electron chi connectivity index (χ1n) is 5.07. The van der Waals surface area contributed by atoms with Crippen molar-refractivity contribution in [1.82, 2.24) is 0 Å². The topological polar surface area (TPSA) is 37.3 Å². The number of carboxylic acids is 1. The number of carboxylic acid groups (broad SMARTS) is 1. The second-order valence-electron chi connectivity index (χ2n) is 2.95. The molecule has 0 aliphatic rings. The Balaban J connectivity index is 0. The normalized spacial score (nSPS) is 12.6. The van der Waals surface area contributed by atoms with Crippen molar-refractivity contribution in [2.24, 2.45) is 0 Å². The van der Waals surface area contributed by atoms with E-state index in [1.165, 1.54) is 5.57 Å². The molecule has 0 rings (SSSR count). The molecule has 2 heteroatoms. The van der Waals surface area contributed by atoms with E-state index in [-0.39, 0.29) is 0 Å². The molecule has 0 atom stereocenters. The molecule has 0 aromatic heterocycles. The third kappa shape index (κ3) is 6.46. The molecule has 0 amide bonds. The molecule has 0 bridgehead atoms. The van der Waals surface area contributed by atoms with Crippen molar-refractivity contribution >= 4 is 5.97 Å². The Hall–Kier alpha value is -1.05. The molecule has 14 heavy (non-hydrogen) atoms. The third-order valence-electron chi connectivity index (χ3n) is 1.97. The smallest absolute Gasteiger partial charge is 0.331 e. The van der Waals surface area contributed by atoms with Gasteiger partial charge in [-0.05, 0) is 33.3 Å². The molecular formula is C12H22O2. The van der Waals surface area contributed by atoms with Crippen LogP contribution in [0.5, 0.6) is 0 Å². The third-order valence-corrected chi connectivity index (χ3v) is 1.97. The highest BCUT2D eigenvalue weighted by Gasteiger charge is 1.99. The second kappa shape index (κ2) is 8.54. The summed E-state index contributed by atoms with van der Waals surface area (Å²) in [7, 11) is 0. The maximum Gasteiger partial charge on any atom is 0.331 e. The van der Waals surface area contributed by atoms with Gasteiger partial charge in [-0.15, -0.1) is 0 Å². The highest BCUT2D eigenvalue weighted by atomic mass is 16.4. The van der Waals surface area contributed by atoms with Crippen molar-refractivity contribution < 1.29 is 9.90 Å². The Morgan fingerprint density at radius 3 is 1.93 bits per heavy atom. The van der Waals surface area contributed by atoms with Gasteiger partial charge in [-0.3, -0.25) is 0 Å². The summed E-state index contributed by atoms with van der Waals surface area (Å²) >= 11 is 0. The van der Waals surface area contributed by atoms with E-state index < -0.39 is 5.97 Å². The zero-order chi connectivity index (χ0) is 11.7. The first-order chi connectivity index (χ1) is 6.49.